The Morgan fingerprint density at radius 1 is 1.65 bits per heavy atom. The maximum atomic E-state index is 11.3. The van der Waals surface area contributed by atoms with Gasteiger partial charge in [-0.25, -0.2) is 4.98 Å². The summed E-state index contributed by atoms with van der Waals surface area (Å²) in [5.41, 5.74) is 1.09. The van der Waals surface area contributed by atoms with E-state index in [1.54, 1.807) is 6.20 Å². The van der Waals surface area contributed by atoms with Crippen LogP contribution in [0, 0.1) is 12.8 Å². The van der Waals surface area contributed by atoms with E-state index in [-0.39, 0.29) is 11.9 Å². The Hall–Kier alpha value is -1.10. The number of hydrogen-bond acceptors (Lipinski definition) is 4. The van der Waals surface area contributed by atoms with E-state index >= 15 is 0 Å². The Bertz CT molecular complexity index is 409. The number of esters is 1. The lowest BCUT2D eigenvalue weighted by molar-refractivity contribution is -0.144. The van der Waals surface area contributed by atoms with E-state index in [4.69, 9.17) is 4.74 Å². The quantitative estimate of drug-likeness (QED) is 0.801. The molecule has 0 aliphatic carbocycles. The van der Waals surface area contributed by atoms with Crippen molar-refractivity contribution in [1.82, 2.24) is 4.98 Å². The Kier molecular flexibility index (Phi) is 4.93. The van der Waals surface area contributed by atoms with Gasteiger partial charge in [-0.05, 0) is 34.5 Å². The van der Waals surface area contributed by atoms with Crippen LogP contribution in [0.25, 0.3) is 0 Å². The molecule has 0 saturated carbocycles. The largest absolute Gasteiger partial charge is 0.469 e. The van der Waals surface area contributed by atoms with Gasteiger partial charge in [0.05, 0.1) is 17.5 Å². The normalized spacial score (nSPS) is 12.1. The van der Waals surface area contributed by atoms with Crippen molar-refractivity contribution in [1.29, 1.82) is 0 Å². The zero-order valence-electron chi connectivity index (χ0n) is 10.5. The molecule has 1 heterocycles. The monoisotopic (exact) mass is 300 g/mol. The number of rotatable bonds is 4. The van der Waals surface area contributed by atoms with Gasteiger partial charge in [0.25, 0.3) is 0 Å². The second kappa shape index (κ2) is 6.00. The fraction of sp³-hybridized carbons (Fsp3) is 0.500. The first kappa shape index (κ1) is 14.0. The molecule has 5 heteroatoms. The molecular weight excluding hydrogens is 284 g/mol. The third-order valence-corrected chi connectivity index (χ3v) is 3.05. The topological polar surface area (TPSA) is 42.4 Å². The molecule has 94 valence electrons. The minimum absolute atomic E-state index is 0.181. The molecular formula is C12H17BrN2O2. The van der Waals surface area contributed by atoms with Crippen LogP contribution in [-0.4, -0.2) is 31.7 Å². The minimum Gasteiger partial charge on any atom is -0.469 e. The number of aryl methyl sites for hydroxylation is 1. The van der Waals surface area contributed by atoms with Gasteiger partial charge in [0.15, 0.2) is 0 Å². The number of pyridine rings is 1. The number of hydrogen-bond donors (Lipinski definition) is 0. The third kappa shape index (κ3) is 3.70. The highest BCUT2D eigenvalue weighted by molar-refractivity contribution is 9.10. The molecule has 4 nitrogen and oxygen atoms in total. The summed E-state index contributed by atoms with van der Waals surface area (Å²) in [5.74, 6) is 0.437. The van der Waals surface area contributed by atoms with Gasteiger partial charge < -0.3 is 9.64 Å². The zero-order chi connectivity index (χ0) is 13.0. The summed E-state index contributed by atoms with van der Waals surface area (Å²) in [5, 5.41) is 0. The van der Waals surface area contributed by atoms with Crippen molar-refractivity contribution in [3.63, 3.8) is 0 Å². The van der Waals surface area contributed by atoms with Crippen LogP contribution < -0.4 is 4.90 Å². The molecule has 1 rings (SSSR count). The van der Waals surface area contributed by atoms with E-state index < -0.39 is 0 Å². The number of anilines is 1. The number of aromatic nitrogens is 1. The van der Waals surface area contributed by atoms with E-state index in [1.165, 1.54) is 7.11 Å². The van der Waals surface area contributed by atoms with E-state index in [2.05, 4.69) is 20.9 Å². The van der Waals surface area contributed by atoms with Crippen LogP contribution in [0.3, 0.4) is 0 Å². The predicted molar refractivity (Wildman–Crippen MR) is 71.1 cm³/mol. The van der Waals surface area contributed by atoms with Crippen molar-refractivity contribution < 1.29 is 9.53 Å². The average Bonchev–Trinajstić information content (AvgIpc) is 2.27. The molecule has 1 aromatic heterocycles. The van der Waals surface area contributed by atoms with Gasteiger partial charge in [-0.1, -0.05) is 6.92 Å². The van der Waals surface area contributed by atoms with Crippen LogP contribution >= 0.6 is 15.9 Å². The van der Waals surface area contributed by atoms with Crippen LogP contribution in [-0.2, 0) is 9.53 Å². The molecule has 0 aromatic carbocycles. The molecule has 1 atom stereocenters. The molecule has 0 amide bonds. The lowest BCUT2D eigenvalue weighted by atomic mass is 10.2. The van der Waals surface area contributed by atoms with Gasteiger partial charge in [-0.3, -0.25) is 4.79 Å². The maximum absolute atomic E-state index is 11.3. The fourth-order valence-electron chi connectivity index (χ4n) is 1.58. The summed E-state index contributed by atoms with van der Waals surface area (Å²) in [6, 6.07) is 2.00. The lowest BCUT2D eigenvalue weighted by Crippen LogP contribution is -2.30. The number of halogens is 1. The summed E-state index contributed by atoms with van der Waals surface area (Å²) in [4.78, 5) is 17.6. The van der Waals surface area contributed by atoms with Crippen LogP contribution in [0.15, 0.2) is 16.7 Å². The van der Waals surface area contributed by atoms with Crippen molar-refractivity contribution in [2.75, 3.05) is 25.6 Å². The van der Waals surface area contributed by atoms with E-state index in [9.17, 15) is 4.79 Å². The molecule has 0 radical (unpaired) electrons. The second-order valence-corrected chi connectivity index (χ2v) is 4.98. The van der Waals surface area contributed by atoms with Gasteiger partial charge in [0, 0.05) is 19.8 Å². The number of carbonyl (C=O) groups excluding carboxylic acids is 1. The summed E-state index contributed by atoms with van der Waals surface area (Å²) in [7, 11) is 3.31. The van der Waals surface area contributed by atoms with E-state index in [0.717, 1.165) is 15.9 Å². The fourth-order valence-corrected chi connectivity index (χ4v) is 2.35. The molecule has 0 saturated heterocycles. The Morgan fingerprint density at radius 3 is 2.82 bits per heavy atom. The summed E-state index contributed by atoms with van der Waals surface area (Å²) >= 11 is 3.47. The zero-order valence-corrected chi connectivity index (χ0v) is 12.1. The van der Waals surface area contributed by atoms with E-state index in [0.29, 0.717) is 6.54 Å². The van der Waals surface area contributed by atoms with Crippen molar-refractivity contribution in [2.24, 2.45) is 5.92 Å². The molecule has 0 aliphatic heterocycles. The first-order valence-corrected chi connectivity index (χ1v) is 6.16. The molecule has 1 unspecified atom stereocenters. The molecule has 1 aromatic rings. The van der Waals surface area contributed by atoms with Crippen LogP contribution in [0.2, 0.25) is 0 Å². The van der Waals surface area contributed by atoms with Crippen LogP contribution in [0.5, 0.6) is 0 Å². The Morgan fingerprint density at radius 2 is 2.29 bits per heavy atom. The standard InChI is InChI=1S/C12H17BrN2O2/c1-8-5-10(13)11(14-6-8)15(3)7-9(2)12(16)17-4/h5-6,9H,7H2,1-4H3. The molecule has 0 N–H and O–H groups in total. The first-order chi connectivity index (χ1) is 7.95. The summed E-state index contributed by atoms with van der Waals surface area (Å²) in [6.45, 7) is 4.39. The summed E-state index contributed by atoms with van der Waals surface area (Å²) in [6.07, 6.45) is 1.80. The average molecular weight is 301 g/mol. The highest BCUT2D eigenvalue weighted by atomic mass is 79.9. The predicted octanol–water partition coefficient (Wildman–Crippen LogP) is 2.40. The highest BCUT2D eigenvalue weighted by Gasteiger charge is 2.17. The van der Waals surface area contributed by atoms with Crippen LogP contribution in [0.4, 0.5) is 5.82 Å². The van der Waals surface area contributed by atoms with Crippen molar-refractivity contribution in [3.05, 3.63) is 22.3 Å². The van der Waals surface area contributed by atoms with Gasteiger partial charge in [0.2, 0.25) is 0 Å². The third-order valence-electron chi connectivity index (χ3n) is 2.47. The van der Waals surface area contributed by atoms with Crippen molar-refractivity contribution in [2.45, 2.75) is 13.8 Å². The Balaban J connectivity index is 2.76. The SMILES string of the molecule is COC(=O)C(C)CN(C)c1ncc(C)cc1Br. The number of nitrogens with zero attached hydrogens (tertiary/aromatic N) is 2. The molecule has 0 fully saturated rings. The first-order valence-electron chi connectivity index (χ1n) is 5.36. The van der Waals surface area contributed by atoms with Crippen LogP contribution in [0.1, 0.15) is 12.5 Å². The Labute approximate surface area is 110 Å². The van der Waals surface area contributed by atoms with E-state index in [1.807, 2.05) is 31.9 Å². The summed E-state index contributed by atoms with van der Waals surface area (Å²) < 4.78 is 5.63. The van der Waals surface area contributed by atoms with Gasteiger partial charge >= 0.3 is 5.97 Å². The van der Waals surface area contributed by atoms with Gasteiger partial charge in [-0.2, -0.15) is 0 Å². The molecule has 0 bridgehead atoms. The van der Waals surface area contributed by atoms with Gasteiger partial charge in [-0.15, -0.1) is 0 Å². The maximum Gasteiger partial charge on any atom is 0.310 e. The van der Waals surface area contributed by atoms with Crippen molar-refractivity contribution in [3.8, 4) is 0 Å². The number of ether oxygens (including phenoxy) is 1. The smallest absolute Gasteiger partial charge is 0.310 e. The lowest BCUT2D eigenvalue weighted by Gasteiger charge is -2.22. The minimum atomic E-state index is -0.208. The number of methoxy groups -OCH3 is 1. The number of carbonyl (C=O) groups is 1. The highest BCUT2D eigenvalue weighted by Crippen LogP contribution is 2.24. The molecule has 0 aliphatic rings. The van der Waals surface area contributed by atoms with Crippen molar-refractivity contribution >= 4 is 27.7 Å². The second-order valence-electron chi connectivity index (χ2n) is 4.12. The van der Waals surface area contributed by atoms with Gasteiger partial charge in [0.1, 0.15) is 5.82 Å². The molecule has 0 spiro atoms. The molecule has 17 heavy (non-hydrogen) atoms.